The van der Waals surface area contributed by atoms with Gasteiger partial charge in [0, 0.05) is 5.70 Å². The molecule has 3 heteroatoms. The van der Waals surface area contributed by atoms with Crippen LogP contribution in [0, 0.1) is 0 Å². The van der Waals surface area contributed by atoms with Gasteiger partial charge in [0.05, 0.1) is 0 Å². The summed E-state index contributed by atoms with van der Waals surface area (Å²) in [6.45, 7) is -0.00380. The highest BCUT2D eigenvalue weighted by Gasteiger charge is 1.98. The molecule has 0 aliphatic heterocycles. The van der Waals surface area contributed by atoms with E-state index >= 15 is 0 Å². The zero-order valence-electron chi connectivity index (χ0n) is 6.21. The molecule has 0 unspecified atom stereocenters. The maximum Gasteiger partial charge on any atom is 0.322 e. The summed E-state index contributed by atoms with van der Waals surface area (Å²) in [4.78, 5) is 10.1. The molecule has 2 N–H and O–H groups in total. The van der Waals surface area contributed by atoms with Crippen molar-refractivity contribution in [2.24, 2.45) is 0 Å². The Morgan fingerprint density at radius 2 is 2.45 bits per heavy atom. The van der Waals surface area contributed by atoms with E-state index in [1.807, 2.05) is 18.2 Å². The summed E-state index contributed by atoms with van der Waals surface area (Å²) in [5.74, 6) is -0.829. The quantitative estimate of drug-likeness (QED) is 0.633. The number of aliphatic carboxylic acids is 1. The highest BCUT2D eigenvalue weighted by Crippen LogP contribution is 2.05. The number of allylic oxidation sites excluding steroid dienone is 3. The van der Waals surface area contributed by atoms with E-state index in [9.17, 15) is 4.79 Å². The zero-order valence-corrected chi connectivity index (χ0v) is 6.21. The third-order valence-electron chi connectivity index (χ3n) is 1.44. The Balaban J connectivity index is 2.31. The lowest BCUT2D eigenvalue weighted by Crippen LogP contribution is -2.21. The Labute approximate surface area is 65.4 Å². The fourth-order valence-electron chi connectivity index (χ4n) is 0.922. The fraction of sp³-hybridized carbons (Fsp3) is 0.375. The van der Waals surface area contributed by atoms with Crippen LogP contribution in [0.2, 0.25) is 0 Å². The molecular weight excluding hydrogens is 142 g/mol. The highest BCUT2D eigenvalue weighted by molar-refractivity contribution is 5.69. The van der Waals surface area contributed by atoms with Crippen molar-refractivity contribution in [3.05, 3.63) is 23.9 Å². The molecular formula is C8H11NO2. The summed E-state index contributed by atoms with van der Waals surface area (Å²) < 4.78 is 0. The van der Waals surface area contributed by atoms with Gasteiger partial charge in [0.1, 0.15) is 6.54 Å². The number of carboxylic acid groups (broad SMARTS) is 1. The van der Waals surface area contributed by atoms with Crippen LogP contribution in [0.4, 0.5) is 0 Å². The molecule has 11 heavy (non-hydrogen) atoms. The average Bonchev–Trinajstić information content (AvgIpc) is 2.03. The predicted octanol–water partition coefficient (Wildman–Crippen LogP) is 0.895. The number of rotatable bonds is 3. The second-order valence-corrected chi connectivity index (χ2v) is 2.39. The van der Waals surface area contributed by atoms with Gasteiger partial charge in [0.2, 0.25) is 0 Å². The van der Waals surface area contributed by atoms with Gasteiger partial charge < -0.3 is 10.4 Å². The topological polar surface area (TPSA) is 49.3 Å². The van der Waals surface area contributed by atoms with E-state index in [-0.39, 0.29) is 6.54 Å². The molecule has 60 valence electrons. The molecule has 0 spiro atoms. The Bertz CT molecular complexity index is 206. The van der Waals surface area contributed by atoms with Crippen LogP contribution >= 0.6 is 0 Å². The monoisotopic (exact) mass is 153 g/mol. The standard InChI is InChI=1S/C8H11NO2/c10-8(11)6-9-7-4-2-1-3-5-7/h2,4-5,9H,1,3,6H2,(H,10,11). The van der Waals surface area contributed by atoms with E-state index in [2.05, 4.69) is 5.32 Å². The zero-order chi connectivity index (χ0) is 8.10. The fourth-order valence-corrected chi connectivity index (χ4v) is 0.922. The van der Waals surface area contributed by atoms with Crippen molar-refractivity contribution in [2.75, 3.05) is 6.54 Å². The molecule has 0 amide bonds. The number of hydrogen-bond donors (Lipinski definition) is 2. The van der Waals surface area contributed by atoms with Crippen molar-refractivity contribution in [1.82, 2.24) is 5.32 Å². The second-order valence-electron chi connectivity index (χ2n) is 2.39. The van der Waals surface area contributed by atoms with Gasteiger partial charge in [-0.1, -0.05) is 12.2 Å². The largest absolute Gasteiger partial charge is 0.480 e. The first-order chi connectivity index (χ1) is 5.29. The SMILES string of the molecule is O=C(O)CNC1=CCCC=C1. The third-order valence-corrected chi connectivity index (χ3v) is 1.44. The van der Waals surface area contributed by atoms with Gasteiger partial charge in [-0.15, -0.1) is 0 Å². The molecule has 0 saturated carbocycles. The molecule has 0 atom stereocenters. The molecule has 0 radical (unpaired) electrons. The normalized spacial score (nSPS) is 15.8. The van der Waals surface area contributed by atoms with Gasteiger partial charge in [0.15, 0.2) is 0 Å². The van der Waals surface area contributed by atoms with Gasteiger partial charge in [-0.2, -0.15) is 0 Å². The summed E-state index contributed by atoms with van der Waals surface area (Å²) >= 11 is 0. The number of hydrogen-bond acceptors (Lipinski definition) is 2. The molecule has 3 nitrogen and oxygen atoms in total. The molecule has 0 aromatic carbocycles. The van der Waals surface area contributed by atoms with Crippen LogP contribution in [0.25, 0.3) is 0 Å². The van der Waals surface area contributed by atoms with Crippen molar-refractivity contribution < 1.29 is 9.90 Å². The van der Waals surface area contributed by atoms with Crippen LogP contribution in [0.5, 0.6) is 0 Å². The number of carboxylic acids is 1. The molecule has 0 aromatic heterocycles. The minimum atomic E-state index is -0.829. The van der Waals surface area contributed by atoms with Gasteiger partial charge in [-0.3, -0.25) is 4.79 Å². The molecule has 1 aliphatic rings. The summed E-state index contributed by atoms with van der Waals surface area (Å²) in [7, 11) is 0. The lowest BCUT2D eigenvalue weighted by molar-refractivity contribution is -0.135. The van der Waals surface area contributed by atoms with Crippen LogP contribution in [0.15, 0.2) is 23.9 Å². The first-order valence-electron chi connectivity index (χ1n) is 3.61. The van der Waals surface area contributed by atoms with Gasteiger partial charge >= 0.3 is 5.97 Å². The first-order valence-corrected chi connectivity index (χ1v) is 3.61. The third kappa shape index (κ3) is 2.89. The van der Waals surface area contributed by atoms with Crippen LogP contribution in [-0.4, -0.2) is 17.6 Å². The van der Waals surface area contributed by atoms with E-state index < -0.39 is 5.97 Å². The summed E-state index contributed by atoms with van der Waals surface area (Å²) in [5, 5.41) is 11.1. The predicted molar refractivity (Wildman–Crippen MR) is 42.1 cm³/mol. The van der Waals surface area contributed by atoms with Crippen LogP contribution in [0.3, 0.4) is 0 Å². The molecule has 0 fully saturated rings. The Morgan fingerprint density at radius 3 is 3.00 bits per heavy atom. The van der Waals surface area contributed by atoms with Gasteiger partial charge in [0.25, 0.3) is 0 Å². The minimum Gasteiger partial charge on any atom is -0.480 e. The Hall–Kier alpha value is -1.25. The lowest BCUT2D eigenvalue weighted by Gasteiger charge is -2.07. The van der Waals surface area contributed by atoms with E-state index in [0.717, 1.165) is 18.5 Å². The maximum atomic E-state index is 10.1. The molecule has 0 saturated heterocycles. The van der Waals surface area contributed by atoms with Crippen molar-refractivity contribution >= 4 is 5.97 Å². The molecule has 0 heterocycles. The Kier molecular flexibility index (Phi) is 2.72. The number of carbonyl (C=O) groups is 1. The minimum absolute atomic E-state index is 0.00380. The molecule has 1 rings (SSSR count). The molecule has 1 aliphatic carbocycles. The smallest absolute Gasteiger partial charge is 0.322 e. The lowest BCUT2D eigenvalue weighted by atomic mass is 10.1. The average molecular weight is 153 g/mol. The van der Waals surface area contributed by atoms with Crippen molar-refractivity contribution in [3.63, 3.8) is 0 Å². The first kappa shape index (κ1) is 7.85. The summed E-state index contributed by atoms with van der Waals surface area (Å²) in [6.07, 6.45) is 8.00. The van der Waals surface area contributed by atoms with E-state index in [1.54, 1.807) is 0 Å². The van der Waals surface area contributed by atoms with Crippen molar-refractivity contribution in [1.29, 1.82) is 0 Å². The second kappa shape index (κ2) is 3.81. The van der Waals surface area contributed by atoms with Gasteiger partial charge in [-0.25, -0.2) is 0 Å². The van der Waals surface area contributed by atoms with Crippen molar-refractivity contribution in [3.8, 4) is 0 Å². The maximum absolute atomic E-state index is 10.1. The number of nitrogens with one attached hydrogen (secondary N) is 1. The van der Waals surface area contributed by atoms with Crippen LogP contribution in [0.1, 0.15) is 12.8 Å². The van der Waals surface area contributed by atoms with E-state index in [4.69, 9.17) is 5.11 Å². The van der Waals surface area contributed by atoms with E-state index in [1.165, 1.54) is 0 Å². The molecule has 0 aromatic rings. The summed E-state index contributed by atoms with van der Waals surface area (Å²) in [5.41, 5.74) is 0.915. The van der Waals surface area contributed by atoms with Gasteiger partial charge in [-0.05, 0) is 18.9 Å². The van der Waals surface area contributed by atoms with E-state index in [0.29, 0.717) is 0 Å². The molecule has 0 bridgehead atoms. The summed E-state index contributed by atoms with van der Waals surface area (Å²) in [6, 6.07) is 0. The highest BCUT2D eigenvalue weighted by atomic mass is 16.4. The Morgan fingerprint density at radius 1 is 1.64 bits per heavy atom. The van der Waals surface area contributed by atoms with Crippen molar-refractivity contribution in [2.45, 2.75) is 12.8 Å². The van der Waals surface area contributed by atoms with Crippen LogP contribution < -0.4 is 5.32 Å². The van der Waals surface area contributed by atoms with Crippen LogP contribution in [-0.2, 0) is 4.79 Å².